The Balaban J connectivity index is 1.76. The molecule has 1 heterocycles. The van der Waals surface area contributed by atoms with Crippen LogP contribution >= 0.6 is 11.6 Å². The summed E-state index contributed by atoms with van der Waals surface area (Å²) in [5.41, 5.74) is 2.34. The van der Waals surface area contributed by atoms with Crippen LogP contribution < -0.4 is 14.8 Å². The Hall–Kier alpha value is -2.38. The Morgan fingerprint density at radius 1 is 1.19 bits per heavy atom. The molecule has 0 saturated heterocycles. The number of hydrogen-bond acceptors (Lipinski definition) is 4. The van der Waals surface area contributed by atoms with E-state index in [1.165, 1.54) is 0 Å². The fraction of sp³-hybridized carbons (Fsp3) is 0.188. The van der Waals surface area contributed by atoms with Crippen molar-refractivity contribution in [1.29, 1.82) is 5.26 Å². The molecule has 0 fully saturated rings. The Morgan fingerprint density at radius 3 is 2.86 bits per heavy atom. The molecule has 0 aliphatic carbocycles. The fourth-order valence-electron chi connectivity index (χ4n) is 2.19. The van der Waals surface area contributed by atoms with Crippen molar-refractivity contribution in [2.24, 2.45) is 0 Å². The lowest BCUT2D eigenvalue weighted by molar-refractivity contribution is 0.170. The van der Waals surface area contributed by atoms with Crippen LogP contribution in [-0.2, 0) is 6.54 Å². The number of para-hydroxylation sites is 1. The van der Waals surface area contributed by atoms with Crippen LogP contribution in [0.3, 0.4) is 0 Å². The van der Waals surface area contributed by atoms with Gasteiger partial charge in [-0.25, -0.2) is 0 Å². The van der Waals surface area contributed by atoms with Gasteiger partial charge in [0.05, 0.1) is 10.6 Å². The van der Waals surface area contributed by atoms with Crippen molar-refractivity contribution in [3.8, 4) is 17.6 Å². The Kier molecular flexibility index (Phi) is 3.85. The van der Waals surface area contributed by atoms with E-state index in [2.05, 4.69) is 5.32 Å². The van der Waals surface area contributed by atoms with Gasteiger partial charge in [-0.15, -0.1) is 0 Å². The molecule has 2 aromatic rings. The second kappa shape index (κ2) is 5.94. The highest BCUT2D eigenvalue weighted by atomic mass is 35.5. The molecule has 1 aliphatic heterocycles. The molecule has 0 amide bonds. The van der Waals surface area contributed by atoms with Crippen molar-refractivity contribution < 1.29 is 9.47 Å². The third-order valence-corrected chi connectivity index (χ3v) is 3.53. The van der Waals surface area contributed by atoms with Crippen LogP contribution in [0.5, 0.6) is 11.5 Å². The number of nitrogens with one attached hydrogen (secondary N) is 1. The van der Waals surface area contributed by atoms with Crippen LogP contribution in [-0.4, -0.2) is 13.2 Å². The maximum Gasteiger partial charge on any atom is 0.166 e. The second-order valence-electron chi connectivity index (χ2n) is 4.60. The molecule has 2 aromatic carbocycles. The molecule has 0 saturated carbocycles. The van der Waals surface area contributed by atoms with E-state index in [4.69, 9.17) is 26.3 Å². The summed E-state index contributed by atoms with van der Waals surface area (Å²) in [5.74, 6) is 1.56. The number of fused-ring (bicyclic) bond motifs is 1. The van der Waals surface area contributed by atoms with E-state index < -0.39 is 0 Å². The lowest BCUT2D eigenvalue weighted by Crippen LogP contribution is -2.17. The molecule has 3 rings (SSSR count). The van der Waals surface area contributed by atoms with Gasteiger partial charge in [-0.1, -0.05) is 23.7 Å². The number of hydrogen-bond donors (Lipinski definition) is 1. The summed E-state index contributed by atoms with van der Waals surface area (Å²) in [7, 11) is 0. The first-order valence-corrected chi connectivity index (χ1v) is 6.97. The summed E-state index contributed by atoms with van der Waals surface area (Å²) in [6.07, 6.45) is 0. The predicted octanol–water partition coefficient (Wildman–Crippen LogP) is 3.59. The minimum absolute atomic E-state index is 0.442. The van der Waals surface area contributed by atoms with Gasteiger partial charge in [0.1, 0.15) is 19.3 Å². The van der Waals surface area contributed by atoms with E-state index in [-0.39, 0.29) is 0 Å². The molecule has 1 N–H and O–H groups in total. The molecule has 0 atom stereocenters. The van der Waals surface area contributed by atoms with E-state index in [0.717, 1.165) is 22.7 Å². The molecule has 0 radical (unpaired) electrons. The fourth-order valence-corrected chi connectivity index (χ4v) is 2.41. The van der Waals surface area contributed by atoms with Crippen LogP contribution in [0.15, 0.2) is 36.4 Å². The number of nitriles is 1. The van der Waals surface area contributed by atoms with Crippen LogP contribution in [0, 0.1) is 11.3 Å². The molecular weight excluding hydrogens is 288 g/mol. The van der Waals surface area contributed by atoms with Crippen molar-refractivity contribution in [2.45, 2.75) is 6.54 Å². The molecule has 106 valence electrons. The van der Waals surface area contributed by atoms with Crippen LogP contribution in [0.2, 0.25) is 5.02 Å². The van der Waals surface area contributed by atoms with Gasteiger partial charge >= 0.3 is 0 Å². The van der Waals surface area contributed by atoms with Crippen LogP contribution in [0.25, 0.3) is 0 Å². The maximum atomic E-state index is 8.86. The first-order chi connectivity index (χ1) is 10.3. The summed E-state index contributed by atoms with van der Waals surface area (Å²) in [4.78, 5) is 0. The molecule has 0 spiro atoms. The highest BCUT2D eigenvalue weighted by Crippen LogP contribution is 2.34. The average molecular weight is 301 g/mol. The minimum atomic E-state index is 0.442. The highest BCUT2D eigenvalue weighted by Gasteiger charge is 2.15. The van der Waals surface area contributed by atoms with E-state index in [9.17, 15) is 0 Å². The van der Waals surface area contributed by atoms with Crippen LogP contribution in [0.4, 0.5) is 5.69 Å². The van der Waals surface area contributed by atoms with Gasteiger partial charge in [-0.2, -0.15) is 5.26 Å². The van der Waals surface area contributed by atoms with Crippen molar-refractivity contribution in [2.75, 3.05) is 18.5 Å². The summed E-state index contributed by atoms with van der Waals surface area (Å²) in [6, 6.07) is 13.1. The molecule has 5 heteroatoms. The molecule has 0 bridgehead atoms. The molecule has 4 nitrogen and oxygen atoms in total. The largest absolute Gasteiger partial charge is 0.486 e. The number of rotatable bonds is 3. The second-order valence-corrected chi connectivity index (χ2v) is 5.01. The van der Waals surface area contributed by atoms with Crippen molar-refractivity contribution >= 4 is 17.3 Å². The number of nitrogens with zero attached hydrogens (tertiary/aromatic N) is 1. The molecule has 0 aromatic heterocycles. The lowest BCUT2D eigenvalue weighted by atomic mass is 10.1. The van der Waals surface area contributed by atoms with Crippen molar-refractivity contribution in [1.82, 2.24) is 0 Å². The first-order valence-electron chi connectivity index (χ1n) is 6.59. The Bertz CT molecular complexity index is 710. The summed E-state index contributed by atoms with van der Waals surface area (Å²) < 4.78 is 11.2. The third kappa shape index (κ3) is 2.88. The summed E-state index contributed by atoms with van der Waals surface area (Å²) >= 11 is 6.02. The summed E-state index contributed by atoms with van der Waals surface area (Å²) in [6.45, 7) is 1.73. The predicted molar refractivity (Wildman–Crippen MR) is 80.9 cm³/mol. The number of halogens is 1. The van der Waals surface area contributed by atoms with E-state index in [1.54, 1.807) is 12.1 Å². The van der Waals surface area contributed by atoms with Gasteiger partial charge in [0, 0.05) is 17.8 Å². The monoisotopic (exact) mass is 300 g/mol. The normalized spacial score (nSPS) is 12.6. The number of ether oxygens (including phenoxy) is 2. The average Bonchev–Trinajstić information content (AvgIpc) is 2.53. The smallest absolute Gasteiger partial charge is 0.166 e. The zero-order chi connectivity index (χ0) is 14.7. The molecule has 21 heavy (non-hydrogen) atoms. The first kappa shape index (κ1) is 13.6. The Labute approximate surface area is 127 Å². The van der Waals surface area contributed by atoms with E-state index >= 15 is 0 Å². The SMILES string of the molecule is N#Cc1ccc(NCc2cccc3c2OCCO3)cc1Cl. The van der Waals surface area contributed by atoms with Crippen molar-refractivity contribution in [3.05, 3.63) is 52.5 Å². The van der Waals surface area contributed by atoms with E-state index in [1.807, 2.05) is 30.3 Å². The third-order valence-electron chi connectivity index (χ3n) is 3.22. The zero-order valence-electron chi connectivity index (χ0n) is 11.2. The van der Waals surface area contributed by atoms with Gasteiger partial charge in [-0.05, 0) is 24.3 Å². The van der Waals surface area contributed by atoms with E-state index in [0.29, 0.717) is 30.3 Å². The van der Waals surface area contributed by atoms with Gasteiger partial charge in [-0.3, -0.25) is 0 Å². The standard InChI is InChI=1S/C16H13ClN2O2/c17-14-8-13(5-4-11(14)9-18)19-10-12-2-1-3-15-16(12)21-7-6-20-15/h1-5,8,19H,6-7,10H2. The molecule has 1 aliphatic rings. The topological polar surface area (TPSA) is 54.3 Å². The minimum Gasteiger partial charge on any atom is -0.486 e. The van der Waals surface area contributed by atoms with Gasteiger partial charge in [0.2, 0.25) is 0 Å². The quantitative estimate of drug-likeness (QED) is 0.941. The maximum absolute atomic E-state index is 8.86. The van der Waals surface area contributed by atoms with Gasteiger partial charge in [0.15, 0.2) is 11.5 Å². The Morgan fingerprint density at radius 2 is 2.05 bits per heavy atom. The van der Waals surface area contributed by atoms with Crippen LogP contribution in [0.1, 0.15) is 11.1 Å². The van der Waals surface area contributed by atoms with Gasteiger partial charge < -0.3 is 14.8 Å². The number of benzene rings is 2. The zero-order valence-corrected chi connectivity index (χ0v) is 12.0. The highest BCUT2D eigenvalue weighted by molar-refractivity contribution is 6.32. The molecular formula is C16H13ClN2O2. The van der Waals surface area contributed by atoms with Crippen molar-refractivity contribution in [3.63, 3.8) is 0 Å². The lowest BCUT2D eigenvalue weighted by Gasteiger charge is -2.21. The van der Waals surface area contributed by atoms with Gasteiger partial charge in [0.25, 0.3) is 0 Å². The molecule has 0 unspecified atom stereocenters. The number of anilines is 1. The summed E-state index contributed by atoms with van der Waals surface area (Å²) in [5, 5.41) is 12.6.